The fraction of sp³-hybridized carbons (Fsp3) is 0.889. The minimum Gasteiger partial charge on any atom is -0.454 e. The van der Waals surface area contributed by atoms with E-state index < -0.39 is 11.5 Å². The topological polar surface area (TPSA) is 73.9 Å². The molecule has 2 N–H and O–H groups in total. The molecular weight excluding hydrogens is 320 g/mol. The van der Waals surface area contributed by atoms with Gasteiger partial charge in [-0.2, -0.15) is 0 Å². The van der Waals surface area contributed by atoms with Crippen molar-refractivity contribution in [2.24, 2.45) is 0 Å². The third-order valence-electron chi connectivity index (χ3n) is 3.63. The highest BCUT2D eigenvalue weighted by molar-refractivity contribution is 5.84. The molecule has 7 heteroatoms. The molecule has 1 aliphatic heterocycles. The van der Waals surface area contributed by atoms with Crippen molar-refractivity contribution in [1.29, 1.82) is 0 Å². The van der Waals surface area contributed by atoms with E-state index in [-0.39, 0.29) is 19.9 Å². The summed E-state index contributed by atoms with van der Waals surface area (Å²) in [5.41, 5.74) is -0.747. The molecule has 1 fully saturated rings. The summed E-state index contributed by atoms with van der Waals surface area (Å²) in [7, 11) is 3.24. The second-order valence-corrected chi connectivity index (χ2v) is 6.69. The zero-order valence-electron chi connectivity index (χ0n) is 16.3. The van der Waals surface area contributed by atoms with Gasteiger partial charge in [0.1, 0.15) is 5.54 Å². The first kappa shape index (κ1) is 26.1. The lowest BCUT2D eigenvalue weighted by Crippen LogP contribution is -2.48. The normalized spacial score (nSPS) is 14.2. The Morgan fingerprint density at radius 1 is 1.24 bits per heavy atom. The molecule has 0 saturated carbocycles. The van der Waals surface area contributed by atoms with Crippen LogP contribution in [0.5, 0.6) is 0 Å². The number of amides is 1. The summed E-state index contributed by atoms with van der Waals surface area (Å²) < 4.78 is 4.93. The van der Waals surface area contributed by atoms with Gasteiger partial charge < -0.3 is 20.3 Å². The number of carbonyl (C=O) groups excluding carboxylic acids is 2. The van der Waals surface area contributed by atoms with Crippen molar-refractivity contribution in [3.05, 3.63) is 0 Å². The Balaban J connectivity index is 0. The molecule has 1 saturated heterocycles. The Morgan fingerprint density at radius 2 is 1.88 bits per heavy atom. The smallest absolute Gasteiger partial charge is 0.326 e. The molecule has 1 aliphatic rings. The number of hydrogen-bond donors (Lipinski definition) is 2. The molecule has 0 atom stereocenters. The van der Waals surface area contributed by atoms with Crippen LogP contribution in [0.15, 0.2) is 0 Å². The highest BCUT2D eigenvalue weighted by Crippen LogP contribution is 2.05. The zero-order chi connectivity index (χ0) is 18.6. The molecule has 0 radical (unpaired) electrons. The number of likely N-dealkylation sites (N-methyl/N-ethyl adjacent to an activating group) is 1. The fourth-order valence-electron chi connectivity index (χ4n) is 2.01. The van der Waals surface area contributed by atoms with Crippen LogP contribution in [0.1, 0.15) is 48.0 Å². The van der Waals surface area contributed by atoms with E-state index in [4.69, 9.17) is 4.74 Å². The number of ether oxygens (including phenoxy) is 1. The van der Waals surface area contributed by atoms with Crippen LogP contribution in [0.2, 0.25) is 0 Å². The van der Waals surface area contributed by atoms with Crippen molar-refractivity contribution < 1.29 is 14.3 Å². The van der Waals surface area contributed by atoms with Crippen LogP contribution in [-0.4, -0.2) is 80.8 Å². The van der Waals surface area contributed by atoms with E-state index in [1.807, 2.05) is 6.92 Å². The molecular formula is C18H40N4O3. The molecule has 25 heavy (non-hydrogen) atoms. The Morgan fingerprint density at radius 3 is 2.32 bits per heavy atom. The first-order valence-corrected chi connectivity index (χ1v) is 8.80. The third kappa shape index (κ3) is 11.9. The quantitative estimate of drug-likeness (QED) is 0.636. The lowest BCUT2D eigenvalue weighted by atomic mass is 10.1. The number of nitrogens with zero attached hydrogens (tertiary/aromatic N) is 2. The van der Waals surface area contributed by atoms with Gasteiger partial charge in [0.15, 0.2) is 6.61 Å². The van der Waals surface area contributed by atoms with Gasteiger partial charge in [-0.25, -0.2) is 0 Å². The van der Waals surface area contributed by atoms with E-state index in [0.717, 1.165) is 19.6 Å². The molecule has 0 aromatic carbocycles. The highest BCUT2D eigenvalue weighted by atomic mass is 16.5. The number of rotatable bonds is 8. The molecule has 1 heterocycles. The second-order valence-electron chi connectivity index (χ2n) is 6.69. The van der Waals surface area contributed by atoms with E-state index >= 15 is 0 Å². The molecule has 0 unspecified atom stereocenters. The van der Waals surface area contributed by atoms with Gasteiger partial charge in [-0.05, 0) is 39.8 Å². The van der Waals surface area contributed by atoms with Crippen LogP contribution >= 0.6 is 0 Å². The summed E-state index contributed by atoms with van der Waals surface area (Å²) in [6, 6.07) is 0. The molecule has 0 aliphatic carbocycles. The SMILES string of the molecule is C.CCCN1CCNC1.CCCNC(C)(C)C(=O)OCC(=O)N(C)C. The van der Waals surface area contributed by atoms with Crippen molar-refractivity contribution in [2.45, 2.75) is 53.5 Å². The van der Waals surface area contributed by atoms with E-state index in [1.165, 1.54) is 31.0 Å². The lowest BCUT2D eigenvalue weighted by Gasteiger charge is -2.24. The summed E-state index contributed by atoms with van der Waals surface area (Å²) in [6.45, 7) is 13.0. The van der Waals surface area contributed by atoms with Crippen LogP contribution in [0.4, 0.5) is 0 Å². The van der Waals surface area contributed by atoms with Crippen molar-refractivity contribution in [3.63, 3.8) is 0 Å². The Labute approximate surface area is 154 Å². The van der Waals surface area contributed by atoms with Crippen molar-refractivity contribution >= 4 is 11.9 Å². The van der Waals surface area contributed by atoms with Gasteiger partial charge >= 0.3 is 5.97 Å². The molecule has 7 nitrogen and oxygen atoms in total. The number of hydrogen-bond acceptors (Lipinski definition) is 6. The largest absolute Gasteiger partial charge is 0.454 e. The summed E-state index contributed by atoms with van der Waals surface area (Å²) in [6.07, 6.45) is 2.22. The van der Waals surface area contributed by atoms with Crippen molar-refractivity contribution in [1.82, 2.24) is 20.4 Å². The maximum Gasteiger partial charge on any atom is 0.326 e. The Kier molecular flexibility index (Phi) is 14.6. The number of nitrogens with one attached hydrogen (secondary N) is 2. The maximum atomic E-state index is 11.6. The average molecular weight is 361 g/mol. The number of carbonyl (C=O) groups is 2. The predicted octanol–water partition coefficient (Wildman–Crippen LogP) is 1.29. The standard InChI is InChI=1S/C11H22N2O3.C6H14N2.CH4/c1-6-7-12-11(2,3)10(15)16-8-9(14)13(4)5;1-2-4-8-5-3-7-6-8;/h12H,6-8H2,1-5H3;7H,2-6H2,1H3;1H4. The minimum absolute atomic E-state index is 0. The van der Waals surface area contributed by atoms with Crippen LogP contribution < -0.4 is 10.6 Å². The molecule has 0 spiro atoms. The maximum absolute atomic E-state index is 11.6. The molecule has 0 aromatic rings. The van der Waals surface area contributed by atoms with E-state index in [9.17, 15) is 9.59 Å². The summed E-state index contributed by atoms with van der Waals surface area (Å²) >= 11 is 0. The summed E-state index contributed by atoms with van der Waals surface area (Å²) in [5.74, 6) is -0.629. The van der Waals surface area contributed by atoms with Gasteiger partial charge in [-0.1, -0.05) is 21.3 Å². The fourth-order valence-corrected chi connectivity index (χ4v) is 2.01. The lowest BCUT2D eigenvalue weighted by molar-refractivity contribution is -0.156. The van der Waals surface area contributed by atoms with Crippen LogP contribution in [0.25, 0.3) is 0 Å². The second kappa shape index (κ2) is 14.0. The Bertz CT molecular complexity index is 367. The monoisotopic (exact) mass is 360 g/mol. The molecule has 1 rings (SSSR count). The minimum atomic E-state index is -0.747. The van der Waals surface area contributed by atoms with Gasteiger partial charge in [-0.3, -0.25) is 14.5 Å². The summed E-state index contributed by atoms with van der Waals surface area (Å²) in [4.78, 5) is 26.7. The summed E-state index contributed by atoms with van der Waals surface area (Å²) in [5, 5.41) is 6.35. The molecule has 1 amide bonds. The van der Waals surface area contributed by atoms with Gasteiger partial charge in [-0.15, -0.1) is 0 Å². The predicted molar refractivity (Wildman–Crippen MR) is 103 cm³/mol. The Hall–Kier alpha value is -1.18. The molecule has 0 bridgehead atoms. The molecule has 150 valence electrons. The average Bonchev–Trinajstić information content (AvgIpc) is 3.04. The van der Waals surface area contributed by atoms with E-state index in [1.54, 1.807) is 27.9 Å². The van der Waals surface area contributed by atoms with Crippen molar-refractivity contribution in [2.75, 3.05) is 53.5 Å². The van der Waals surface area contributed by atoms with Gasteiger partial charge in [0, 0.05) is 33.9 Å². The highest BCUT2D eigenvalue weighted by Gasteiger charge is 2.28. The van der Waals surface area contributed by atoms with Crippen LogP contribution in [-0.2, 0) is 14.3 Å². The van der Waals surface area contributed by atoms with Crippen molar-refractivity contribution in [3.8, 4) is 0 Å². The first-order valence-electron chi connectivity index (χ1n) is 8.80. The van der Waals surface area contributed by atoms with Gasteiger partial charge in [0.2, 0.25) is 0 Å². The van der Waals surface area contributed by atoms with Gasteiger partial charge in [0.25, 0.3) is 5.91 Å². The van der Waals surface area contributed by atoms with Crippen LogP contribution in [0.3, 0.4) is 0 Å². The first-order chi connectivity index (χ1) is 11.2. The number of esters is 1. The zero-order valence-corrected chi connectivity index (χ0v) is 16.3. The van der Waals surface area contributed by atoms with E-state index in [2.05, 4.69) is 22.5 Å². The third-order valence-corrected chi connectivity index (χ3v) is 3.63. The molecule has 0 aromatic heterocycles. The van der Waals surface area contributed by atoms with Gasteiger partial charge in [0.05, 0.1) is 0 Å². The van der Waals surface area contributed by atoms with E-state index in [0.29, 0.717) is 0 Å². The van der Waals surface area contributed by atoms with Crippen LogP contribution in [0, 0.1) is 0 Å².